The molecule has 1 rings (SSSR count). The maximum atomic E-state index is 11.9. The molecule has 6 nitrogen and oxygen atoms in total. The van der Waals surface area contributed by atoms with Gasteiger partial charge in [0.2, 0.25) is 5.91 Å². The van der Waals surface area contributed by atoms with Gasteiger partial charge in [-0.25, -0.2) is 0 Å². The minimum Gasteiger partial charge on any atom is -0.388 e. The number of carbonyl (C=O) groups is 1. The first-order chi connectivity index (χ1) is 10.2. The van der Waals surface area contributed by atoms with E-state index in [1.807, 2.05) is 20.8 Å². The number of aliphatic hydroxyl groups is 3. The Balaban J connectivity index is 2.58. The second-order valence-electron chi connectivity index (χ2n) is 6.06. The molecule has 4 N–H and O–H groups in total. The molecule has 0 aromatic carbocycles. The van der Waals surface area contributed by atoms with E-state index in [0.717, 1.165) is 18.4 Å². The van der Waals surface area contributed by atoms with Crippen molar-refractivity contribution in [1.82, 2.24) is 5.32 Å². The van der Waals surface area contributed by atoms with Gasteiger partial charge in [-0.2, -0.15) is 0 Å². The summed E-state index contributed by atoms with van der Waals surface area (Å²) in [5, 5.41) is 31.9. The molecule has 0 saturated carbocycles. The molecule has 1 heterocycles. The lowest BCUT2D eigenvalue weighted by Gasteiger charge is -2.39. The number of allylic oxidation sites excluding steroid dienone is 3. The zero-order chi connectivity index (χ0) is 16.9. The van der Waals surface area contributed by atoms with E-state index >= 15 is 0 Å². The Morgan fingerprint density at radius 3 is 2.41 bits per heavy atom. The smallest absolute Gasteiger partial charge is 0.244 e. The third kappa shape index (κ3) is 5.53. The monoisotopic (exact) mass is 313 g/mol. The average Bonchev–Trinajstić information content (AvgIpc) is 2.40. The van der Waals surface area contributed by atoms with Crippen LogP contribution in [0.3, 0.4) is 0 Å². The second-order valence-corrected chi connectivity index (χ2v) is 6.06. The van der Waals surface area contributed by atoms with E-state index in [9.17, 15) is 20.1 Å². The number of rotatable bonds is 5. The van der Waals surface area contributed by atoms with Crippen LogP contribution in [-0.4, -0.2) is 51.9 Å². The molecular formula is C16H27NO5. The van der Waals surface area contributed by atoms with Crippen molar-refractivity contribution in [3.05, 3.63) is 23.3 Å². The highest BCUT2D eigenvalue weighted by Crippen LogP contribution is 2.19. The highest BCUT2D eigenvalue weighted by molar-refractivity contribution is 5.88. The number of hydrogen-bond donors (Lipinski definition) is 4. The van der Waals surface area contributed by atoms with E-state index in [1.54, 1.807) is 6.92 Å². The lowest BCUT2D eigenvalue weighted by atomic mass is 9.97. The molecule has 0 aromatic heterocycles. The van der Waals surface area contributed by atoms with Crippen molar-refractivity contribution >= 4 is 5.91 Å². The van der Waals surface area contributed by atoms with Crippen LogP contribution in [0.2, 0.25) is 0 Å². The Bertz CT molecular complexity index is 442. The summed E-state index contributed by atoms with van der Waals surface area (Å²) in [7, 11) is 0. The van der Waals surface area contributed by atoms with Gasteiger partial charge in [0.15, 0.2) is 6.29 Å². The minimum absolute atomic E-state index is 0.428. The lowest BCUT2D eigenvalue weighted by Crippen LogP contribution is -2.62. The number of nitrogens with one attached hydrogen (secondary N) is 1. The molecule has 22 heavy (non-hydrogen) atoms. The van der Waals surface area contributed by atoms with Gasteiger partial charge in [-0.05, 0) is 40.5 Å². The van der Waals surface area contributed by atoms with Crippen LogP contribution in [0.5, 0.6) is 0 Å². The summed E-state index contributed by atoms with van der Waals surface area (Å²) in [6.45, 7) is 7.43. The topological polar surface area (TPSA) is 99.0 Å². The zero-order valence-electron chi connectivity index (χ0n) is 13.6. The van der Waals surface area contributed by atoms with E-state index in [2.05, 4.69) is 11.4 Å². The van der Waals surface area contributed by atoms with Gasteiger partial charge in [0.05, 0.1) is 6.10 Å². The van der Waals surface area contributed by atoms with E-state index in [1.165, 1.54) is 11.6 Å². The van der Waals surface area contributed by atoms with Gasteiger partial charge in [-0.15, -0.1) is 0 Å². The predicted molar refractivity (Wildman–Crippen MR) is 82.9 cm³/mol. The molecule has 6 heteroatoms. The fourth-order valence-corrected chi connectivity index (χ4v) is 2.29. The van der Waals surface area contributed by atoms with E-state index in [-0.39, 0.29) is 0 Å². The van der Waals surface area contributed by atoms with Crippen molar-refractivity contribution in [2.24, 2.45) is 0 Å². The molecule has 0 radical (unpaired) electrons. The number of aliphatic hydroxyl groups excluding tert-OH is 3. The molecule has 1 fully saturated rings. The average molecular weight is 313 g/mol. The van der Waals surface area contributed by atoms with Crippen LogP contribution in [0.15, 0.2) is 23.3 Å². The molecule has 1 aliphatic rings. The molecule has 0 aliphatic carbocycles. The fourth-order valence-electron chi connectivity index (χ4n) is 2.29. The van der Waals surface area contributed by atoms with Crippen LogP contribution < -0.4 is 5.32 Å². The van der Waals surface area contributed by atoms with Gasteiger partial charge < -0.3 is 25.4 Å². The van der Waals surface area contributed by atoms with Crippen molar-refractivity contribution in [2.45, 2.75) is 71.2 Å². The van der Waals surface area contributed by atoms with E-state index in [0.29, 0.717) is 0 Å². The van der Waals surface area contributed by atoms with Crippen LogP contribution >= 0.6 is 0 Å². The first-order valence-corrected chi connectivity index (χ1v) is 7.53. The third-order valence-corrected chi connectivity index (χ3v) is 3.64. The quantitative estimate of drug-likeness (QED) is 0.440. The van der Waals surface area contributed by atoms with Crippen molar-refractivity contribution in [1.29, 1.82) is 0 Å². The van der Waals surface area contributed by atoms with Gasteiger partial charge in [0.1, 0.15) is 18.2 Å². The Kier molecular flexibility index (Phi) is 7.22. The molecule has 1 aliphatic heterocycles. The Hall–Kier alpha value is -1.21. The summed E-state index contributed by atoms with van der Waals surface area (Å²) in [5.74, 6) is -0.428. The van der Waals surface area contributed by atoms with Crippen LogP contribution in [-0.2, 0) is 9.53 Å². The Morgan fingerprint density at radius 1 is 1.18 bits per heavy atom. The fraction of sp³-hybridized carbons (Fsp3) is 0.688. The summed E-state index contributed by atoms with van der Waals surface area (Å²) < 4.78 is 5.08. The third-order valence-electron chi connectivity index (χ3n) is 3.64. The van der Waals surface area contributed by atoms with E-state index in [4.69, 9.17) is 4.74 Å². The molecule has 5 atom stereocenters. The molecule has 126 valence electrons. The molecule has 1 amide bonds. The standard InChI is InChI=1S/C16H27NO5/c1-9(2)6-5-7-10(3)8-12(18)17-13-15(20)14(19)11(4)22-16(13)21/h6,8,11,13-16,19-21H,5,7H2,1-4H3,(H,17,18). The number of ether oxygens (including phenoxy) is 1. The summed E-state index contributed by atoms with van der Waals surface area (Å²) in [6, 6.07) is -1.06. The molecule has 5 unspecified atom stereocenters. The van der Waals surface area contributed by atoms with Crippen molar-refractivity contribution < 1.29 is 24.9 Å². The van der Waals surface area contributed by atoms with Gasteiger partial charge in [0.25, 0.3) is 0 Å². The van der Waals surface area contributed by atoms with Crippen LogP contribution in [0, 0.1) is 0 Å². The first kappa shape index (κ1) is 18.8. The van der Waals surface area contributed by atoms with Gasteiger partial charge in [-0.3, -0.25) is 4.79 Å². The number of carbonyl (C=O) groups excluding carboxylic acids is 1. The van der Waals surface area contributed by atoms with Gasteiger partial charge >= 0.3 is 0 Å². The first-order valence-electron chi connectivity index (χ1n) is 7.53. The highest BCUT2D eigenvalue weighted by atomic mass is 16.6. The maximum absolute atomic E-state index is 11.9. The normalized spacial score (nSPS) is 32.5. The minimum atomic E-state index is -1.35. The van der Waals surface area contributed by atoms with Gasteiger partial charge in [0, 0.05) is 6.08 Å². The van der Waals surface area contributed by atoms with Gasteiger partial charge in [-0.1, -0.05) is 17.2 Å². The Morgan fingerprint density at radius 2 is 1.82 bits per heavy atom. The van der Waals surface area contributed by atoms with Crippen LogP contribution in [0.4, 0.5) is 0 Å². The SMILES string of the molecule is CC(C)=CCCC(C)=CC(=O)NC1C(O)OC(C)C(O)C1O. The lowest BCUT2D eigenvalue weighted by molar-refractivity contribution is -0.242. The zero-order valence-corrected chi connectivity index (χ0v) is 13.6. The number of amides is 1. The number of hydrogen-bond acceptors (Lipinski definition) is 5. The molecule has 0 aromatic rings. The largest absolute Gasteiger partial charge is 0.388 e. The molecule has 0 bridgehead atoms. The summed E-state index contributed by atoms with van der Waals surface area (Å²) in [4.78, 5) is 11.9. The Labute approximate surface area is 131 Å². The molecular weight excluding hydrogens is 286 g/mol. The van der Waals surface area contributed by atoms with Crippen molar-refractivity contribution in [2.75, 3.05) is 0 Å². The predicted octanol–water partition coefficient (Wildman–Crippen LogP) is 0.623. The highest BCUT2D eigenvalue weighted by Gasteiger charge is 2.42. The molecule has 0 spiro atoms. The van der Waals surface area contributed by atoms with Crippen LogP contribution in [0.1, 0.15) is 40.5 Å². The van der Waals surface area contributed by atoms with Crippen molar-refractivity contribution in [3.8, 4) is 0 Å². The second kappa shape index (κ2) is 8.43. The summed E-state index contributed by atoms with van der Waals surface area (Å²) in [6.07, 6.45) is 0.657. The maximum Gasteiger partial charge on any atom is 0.244 e. The summed E-state index contributed by atoms with van der Waals surface area (Å²) >= 11 is 0. The van der Waals surface area contributed by atoms with E-state index < -0.39 is 36.6 Å². The van der Waals surface area contributed by atoms with Crippen LogP contribution in [0.25, 0.3) is 0 Å². The van der Waals surface area contributed by atoms with Crippen molar-refractivity contribution in [3.63, 3.8) is 0 Å². The molecule has 1 saturated heterocycles. The summed E-state index contributed by atoms with van der Waals surface area (Å²) in [5.41, 5.74) is 2.12.